The molecule has 0 unspecified atom stereocenters. The maximum absolute atomic E-state index is 12.2. The lowest BCUT2D eigenvalue weighted by Gasteiger charge is -2.31. The van der Waals surface area contributed by atoms with Crippen molar-refractivity contribution in [1.29, 1.82) is 0 Å². The molecule has 1 saturated heterocycles. The van der Waals surface area contributed by atoms with Crippen molar-refractivity contribution < 1.29 is 14.7 Å². The number of carbonyl (C=O) groups is 2. The molecule has 2 heterocycles. The summed E-state index contributed by atoms with van der Waals surface area (Å²) in [6, 6.07) is 3.58. The van der Waals surface area contributed by atoms with Crippen molar-refractivity contribution in [2.75, 3.05) is 18.4 Å². The number of aromatic nitrogens is 1. The topological polar surface area (TPSA) is 82.5 Å². The van der Waals surface area contributed by atoms with Crippen LogP contribution in [0.15, 0.2) is 12.1 Å². The molecule has 6 heteroatoms. The summed E-state index contributed by atoms with van der Waals surface area (Å²) in [5.74, 6) is -0.589. The maximum atomic E-state index is 12.2. The standard InChI is InChI=1S/C15H21N3O3/c1-10-3-4-13(11(2)16-10)17-15(21)18-7-5-12(6-8-18)9-14(19)20/h3-4,12H,5-9H2,1-2H3,(H,17,21)(H,19,20). The number of aliphatic carboxylic acids is 1. The Kier molecular flexibility index (Phi) is 4.77. The van der Waals surface area contributed by atoms with Gasteiger partial charge in [-0.25, -0.2) is 4.79 Å². The van der Waals surface area contributed by atoms with E-state index in [-0.39, 0.29) is 18.4 Å². The fourth-order valence-electron chi connectivity index (χ4n) is 2.60. The average molecular weight is 291 g/mol. The van der Waals surface area contributed by atoms with Gasteiger partial charge in [0.25, 0.3) is 0 Å². The van der Waals surface area contributed by atoms with E-state index in [0.29, 0.717) is 13.1 Å². The maximum Gasteiger partial charge on any atom is 0.321 e. The zero-order valence-corrected chi connectivity index (χ0v) is 12.4. The summed E-state index contributed by atoms with van der Waals surface area (Å²) in [5, 5.41) is 11.7. The molecule has 0 aliphatic carbocycles. The fraction of sp³-hybridized carbons (Fsp3) is 0.533. The van der Waals surface area contributed by atoms with Crippen molar-refractivity contribution in [3.05, 3.63) is 23.5 Å². The molecule has 6 nitrogen and oxygen atoms in total. The number of carboxylic acid groups (broad SMARTS) is 1. The molecule has 2 N–H and O–H groups in total. The van der Waals surface area contributed by atoms with Crippen LogP contribution in [0.25, 0.3) is 0 Å². The third kappa shape index (κ3) is 4.18. The number of carboxylic acids is 1. The molecular weight excluding hydrogens is 270 g/mol. The second-order valence-corrected chi connectivity index (χ2v) is 5.54. The van der Waals surface area contributed by atoms with Crippen LogP contribution in [-0.4, -0.2) is 40.1 Å². The number of carbonyl (C=O) groups excluding carboxylic acids is 1. The van der Waals surface area contributed by atoms with Gasteiger partial charge in [-0.2, -0.15) is 0 Å². The van der Waals surface area contributed by atoms with E-state index in [1.54, 1.807) is 4.90 Å². The first-order chi connectivity index (χ1) is 9.95. The minimum absolute atomic E-state index is 0.141. The SMILES string of the molecule is Cc1ccc(NC(=O)N2CCC(CC(=O)O)CC2)c(C)n1. The Morgan fingerprint density at radius 3 is 2.57 bits per heavy atom. The molecule has 0 saturated carbocycles. The van der Waals surface area contributed by atoms with Crippen molar-refractivity contribution in [1.82, 2.24) is 9.88 Å². The van der Waals surface area contributed by atoms with Crippen LogP contribution in [-0.2, 0) is 4.79 Å². The molecule has 21 heavy (non-hydrogen) atoms. The van der Waals surface area contributed by atoms with E-state index in [0.717, 1.165) is 29.9 Å². The van der Waals surface area contributed by atoms with Crippen LogP contribution in [0, 0.1) is 19.8 Å². The van der Waals surface area contributed by atoms with E-state index in [1.807, 2.05) is 26.0 Å². The second kappa shape index (κ2) is 6.56. The molecule has 114 valence electrons. The number of anilines is 1. The number of hydrogen-bond donors (Lipinski definition) is 2. The van der Waals surface area contributed by atoms with E-state index in [2.05, 4.69) is 10.3 Å². The van der Waals surface area contributed by atoms with Crippen molar-refractivity contribution in [3.8, 4) is 0 Å². The number of aryl methyl sites for hydroxylation is 2. The van der Waals surface area contributed by atoms with Gasteiger partial charge in [0, 0.05) is 25.2 Å². The second-order valence-electron chi connectivity index (χ2n) is 5.54. The minimum Gasteiger partial charge on any atom is -0.481 e. The van der Waals surface area contributed by atoms with Crippen LogP contribution in [0.5, 0.6) is 0 Å². The zero-order valence-electron chi connectivity index (χ0n) is 12.4. The van der Waals surface area contributed by atoms with Gasteiger partial charge in [0.2, 0.25) is 0 Å². The summed E-state index contributed by atoms with van der Waals surface area (Å²) in [6.45, 7) is 4.97. The molecule has 1 aliphatic rings. The summed E-state index contributed by atoms with van der Waals surface area (Å²) >= 11 is 0. The molecule has 2 amide bonds. The van der Waals surface area contributed by atoms with Crippen LogP contribution in [0.4, 0.5) is 10.5 Å². The number of nitrogens with zero attached hydrogens (tertiary/aromatic N) is 2. The van der Waals surface area contributed by atoms with Gasteiger partial charge in [-0.3, -0.25) is 9.78 Å². The van der Waals surface area contributed by atoms with Gasteiger partial charge in [0.15, 0.2) is 0 Å². The lowest BCUT2D eigenvalue weighted by atomic mass is 9.94. The predicted octanol–water partition coefficient (Wildman–Crippen LogP) is 2.42. The highest BCUT2D eigenvalue weighted by Gasteiger charge is 2.24. The molecule has 0 atom stereocenters. The number of nitrogens with one attached hydrogen (secondary N) is 1. The molecule has 1 aliphatic heterocycles. The molecule has 0 bridgehead atoms. The summed E-state index contributed by atoms with van der Waals surface area (Å²) in [5.41, 5.74) is 2.43. The summed E-state index contributed by atoms with van der Waals surface area (Å²) in [4.78, 5) is 28.9. The minimum atomic E-state index is -0.765. The highest BCUT2D eigenvalue weighted by Crippen LogP contribution is 2.21. The van der Waals surface area contributed by atoms with Crippen LogP contribution in [0.2, 0.25) is 0 Å². The quantitative estimate of drug-likeness (QED) is 0.896. The Morgan fingerprint density at radius 2 is 2.00 bits per heavy atom. The molecule has 0 aromatic carbocycles. The first-order valence-corrected chi connectivity index (χ1v) is 7.17. The number of amides is 2. The number of urea groups is 1. The Hall–Kier alpha value is -2.11. The largest absolute Gasteiger partial charge is 0.481 e. The number of rotatable bonds is 3. The first-order valence-electron chi connectivity index (χ1n) is 7.17. The van der Waals surface area contributed by atoms with Gasteiger partial charge >= 0.3 is 12.0 Å². The van der Waals surface area contributed by atoms with Crippen LogP contribution in [0.1, 0.15) is 30.7 Å². The van der Waals surface area contributed by atoms with Crippen molar-refractivity contribution >= 4 is 17.7 Å². The molecule has 1 fully saturated rings. The molecule has 0 spiro atoms. The first kappa shape index (κ1) is 15.3. The Morgan fingerprint density at radius 1 is 1.33 bits per heavy atom. The average Bonchev–Trinajstić information content (AvgIpc) is 2.42. The molecule has 1 aromatic rings. The Labute approximate surface area is 124 Å². The van der Waals surface area contributed by atoms with Crippen LogP contribution in [0.3, 0.4) is 0 Å². The lowest BCUT2D eigenvalue weighted by Crippen LogP contribution is -2.41. The van der Waals surface area contributed by atoms with Crippen molar-refractivity contribution in [2.24, 2.45) is 5.92 Å². The normalized spacial score (nSPS) is 15.8. The van der Waals surface area contributed by atoms with Crippen molar-refractivity contribution in [2.45, 2.75) is 33.1 Å². The molecule has 0 radical (unpaired) electrons. The number of likely N-dealkylation sites (tertiary alicyclic amines) is 1. The highest BCUT2D eigenvalue weighted by atomic mass is 16.4. The number of piperidine rings is 1. The van der Waals surface area contributed by atoms with Gasteiger partial charge in [-0.1, -0.05) is 0 Å². The molecule has 2 rings (SSSR count). The fourth-order valence-corrected chi connectivity index (χ4v) is 2.60. The Bertz CT molecular complexity index is 537. The van der Waals surface area contributed by atoms with Crippen LogP contribution < -0.4 is 5.32 Å². The number of pyridine rings is 1. The third-order valence-electron chi connectivity index (χ3n) is 3.83. The molecular formula is C15H21N3O3. The van der Waals surface area contributed by atoms with E-state index in [4.69, 9.17) is 5.11 Å². The van der Waals surface area contributed by atoms with Crippen molar-refractivity contribution in [3.63, 3.8) is 0 Å². The summed E-state index contributed by atoms with van der Waals surface area (Å²) in [7, 11) is 0. The van der Waals surface area contributed by atoms with E-state index >= 15 is 0 Å². The Balaban J connectivity index is 1.89. The van der Waals surface area contributed by atoms with Gasteiger partial charge in [-0.15, -0.1) is 0 Å². The van der Waals surface area contributed by atoms with Gasteiger partial charge in [-0.05, 0) is 44.7 Å². The smallest absolute Gasteiger partial charge is 0.321 e. The van der Waals surface area contributed by atoms with E-state index < -0.39 is 5.97 Å². The van der Waals surface area contributed by atoms with Crippen LogP contribution >= 0.6 is 0 Å². The van der Waals surface area contributed by atoms with E-state index in [9.17, 15) is 9.59 Å². The van der Waals surface area contributed by atoms with Gasteiger partial charge in [0.1, 0.15) is 0 Å². The van der Waals surface area contributed by atoms with Gasteiger partial charge < -0.3 is 15.3 Å². The number of hydrogen-bond acceptors (Lipinski definition) is 3. The van der Waals surface area contributed by atoms with Gasteiger partial charge in [0.05, 0.1) is 11.4 Å². The predicted molar refractivity (Wildman–Crippen MR) is 79.3 cm³/mol. The zero-order chi connectivity index (χ0) is 15.4. The third-order valence-corrected chi connectivity index (χ3v) is 3.83. The lowest BCUT2D eigenvalue weighted by molar-refractivity contribution is -0.138. The highest BCUT2D eigenvalue weighted by molar-refractivity contribution is 5.89. The monoisotopic (exact) mass is 291 g/mol. The summed E-state index contributed by atoms with van der Waals surface area (Å²) in [6.07, 6.45) is 1.67. The van der Waals surface area contributed by atoms with E-state index in [1.165, 1.54) is 0 Å². The molecule has 1 aromatic heterocycles. The summed E-state index contributed by atoms with van der Waals surface area (Å²) < 4.78 is 0.